The standard InChI is InChI=1S/C14H28O9P2/c1-4-6-7-18-24-19-10-14(11-20-24)12-21-25(22-13(14)16-5-2)23-17-9-8-15-3/h13H,4-12H2,1-3H3. The van der Waals surface area contributed by atoms with Gasteiger partial charge in [0.15, 0.2) is 6.29 Å². The lowest BCUT2D eigenvalue weighted by molar-refractivity contribution is -0.266. The molecule has 148 valence electrons. The van der Waals surface area contributed by atoms with Gasteiger partial charge in [0, 0.05) is 13.7 Å². The van der Waals surface area contributed by atoms with E-state index in [-0.39, 0.29) is 6.61 Å². The van der Waals surface area contributed by atoms with Gasteiger partial charge in [-0.2, -0.15) is 4.67 Å². The van der Waals surface area contributed by atoms with E-state index in [1.54, 1.807) is 7.11 Å². The number of rotatable bonds is 11. The lowest BCUT2D eigenvalue weighted by atomic mass is 9.90. The molecule has 2 heterocycles. The normalized spacial score (nSPS) is 33.0. The van der Waals surface area contributed by atoms with Crippen LogP contribution < -0.4 is 0 Å². The molecule has 2 fully saturated rings. The van der Waals surface area contributed by atoms with Crippen LogP contribution in [0, 0.1) is 5.41 Å². The molecule has 25 heavy (non-hydrogen) atoms. The van der Waals surface area contributed by atoms with Crippen molar-refractivity contribution in [1.82, 2.24) is 0 Å². The maximum Gasteiger partial charge on any atom is 0.365 e. The van der Waals surface area contributed by atoms with Crippen LogP contribution >= 0.6 is 17.2 Å². The molecular weight excluding hydrogens is 374 g/mol. The SMILES string of the molecule is CCCCOP1OCC2(CO1)COP(OOCCOC)OC2OCC. The van der Waals surface area contributed by atoms with Crippen LogP contribution in [0.5, 0.6) is 0 Å². The highest BCUT2D eigenvalue weighted by Gasteiger charge is 2.52. The number of ether oxygens (including phenoxy) is 2. The second-order valence-electron chi connectivity index (χ2n) is 5.60. The molecule has 2 unspecified atom stereocenters. The first kappa shape index (κ1) is 21.8. The molecule has 9 nitrogen and oxygen atoms in total. The molecule has 2 atom stereocenters. The highest BCUT2D eigenvalue weighted by molar-refractivity contribution is 7.42. The van der Waals surface area contributed by atoms with E-state index in [2.05, 4.69) is 6.92 Å². The van der Waals surface area contributed by atoms with Gasteiger partial charge < -0.3 is 27.6 Å². The van der Waals surface area contributed by atoms with Crippen LogP contribution in [0.4, 0.5) is 0 Å². The Morgan fingerprint density at radius 2 is 1.72 bits per heavy atom. The molecule has 2 saturated heterocycles. The summed E-state index contributed by atoms with van der Waals surface area (Å²) in [5.41, 5.74) is -0.544. The third-order valence-electron chi connectivity index (χ3n) is 3.55. The minimum absolute atomic E-state index is 0.290. The monoisotopic (exact) mass is 402 g/mol. The van der Waals surface area contributed by atoms with E-state index in [0.29, 0.717) is 39.6 Å². The highest BCUT2D eigenvalue weighted by Crippen LogP contribution is 2.55. The fourth-order valence-electron chi connectivity index (χ4n) is 2.08. The molecule has 0 aromatic rings. The Kier molecular flexibility index (Phi) is 10.5. The first-order chi connectivity index (χ1) is 12.2. The molecule has 0 bridgehead atoms. The number of methoxy groups -OCH3 is 1. The molecule has 0 saturated carbocycles. The summed E-state index contributed by atoms with van der Waals surface area (Å²) >= 11 is 0. The molecule has 0 radical (unpaired) electrons. The van der Waals surface area contributed by atoms with Crippen molar-refractivity contribution in [2.45, 2.75) is 33.0 Å². The van der Waals surface area contributed by atoms with Gasteiger partial charge in [-0.1, -0.05) is 13.3 Å². The molecule has 0 amide bonds. The summed E-state index contributed by atoms with van der Waals surface area (Å²) < 4.78 is 44.2. The molecule has 2 aliphatic heterocycles. The van der Waals surface area contributed by atoms with Crippen LogP contribution in [0.2, 0.25) is 0 Å². The van der Waals surface area contributed by atoms with Gasteiger partial charge in [-0.25, -0.2) is 4.89 Å². The van der Waals surface area contributed by atoms with E-state index < -0.39 is 28.9 Å². The number of unbranched alkanes of at least 4 members (excludes halogenated alkanes) is 1. The molecular formula is C14H28O9P2. The Hall–Kier alpha value is 0.500. The van der Waals surface area contributed by atoms with E-state index in [1.807, 2.05) is 6.92 Å². The van der Waals surface area contributed by atoms with Gasteiger partial charge >= 0.3 is 17.2 Å². The number of hydrogen-bond acceptors (Lipinski definition) is 9. The van der Waals surface area contributed by atoms with Crippen molar-refractivity contribution < 1.29 is 41.7 Å². The van der Waals surface area contributed by atoms with E-state index in [0.717, 1.165) is 12.8 Å². The predicted molar refractivity (Wildman–Crippen MR) is 90.4 cm³/mol. The van der Waals surface area contributed by atoms with Crippen molar-refractivity contribution in [3.05, 3.63) is 0 Å². The van der Waals surface area contributed by atoms with Crippen LogP contribution in [0.25, 0.3) is 0 Å². The predicted octanol–water partition coefficient (Wildman–Crippen LogP) is 3.29. The van der Waals surface area contributed by atoms with Crippen LogP contribution in [-0.2, 0) is 41.7 Å². The molecule has 0 aromatic carbocycles. The Labute approximate surface area is 151 Å². The van der Waals surface area contributed by atoms with Gasteiger partial charge in [0.25, 0.3) is 0 Å². The summed E-state index contributed by atoms with van der Waals surface area (Å²) in [6, 6.07) is 0. The Morgan fingerprint density at radius 3 is 2.36 bits per heavy atom. The zero-order chi connectivity index (χ0) is 18.0. The van der Waals surface area contributed by atoms with Crippen LogP contribution in [0.1, 0.15) is 26.7 Å². The lowest BCUT2D eigenvalue weighted by Gasteiger charge is -2.45. The molecule has 1 spiro atoms. The molecule has 11 heteroatoms. The number of hydrogen-bond donors (Lipinski definition) is 0. The average molecular weight is 402 g/mol. The average Bonchev–Trinajstić information content (AvgIpc) is 2.63. The first-order valence-corrected chi connectivity index (χ1v) is 10.6. The fraction of sp³-hybridized carbons (Fsp3) is 1.00. The van der Waals surface area contributed by atoms with Crippen LogP contribution in [0.15, 0.2) is 0 Å². The minimum Gasteiger partial charge on any atom is -0.382 e. The van der Waals surface area contributed by atoms with Crippen molar-refractivity contribution in [2.75, 3.05) is 53.4 Å². The Bertz CT molecular complexity index is 355. The lowest BCUT2D eigenvalue weighted by Crippen LogP contribution is -2.52. The third kappa shape index (κ3) is 6.87. The van der Waals surface area contributed by atoms with Gasteiger partial charge in [0.1, 0.15) is 6.61 Å². The molecule has 0 aliphatic carbocycles. The van der Waals surface area contributed by atoms with Crippen molar-refractivity contribution in [3.63, 3.8) is 0 Å². The molecule has 0 aromatic heterocycles. The zero-order valence-corrected chi connectivity index (χ0v) is 16.8. The highest BCUT2D eigenvalue weighted by atomic mass is 31.2. The summed E-state index contributed by atoms with van der Waals surface area (Å²) in [6.45, 7) is 6.93. The van der Waals surface area contributed by atoms with Gasteiger partial charge in [0.05, 0.1) is 38.4 Å². The van der Waals surface area contributed by atoms with Crippen molar-refractivity contribution in [3.8, 4) is 0 Å². The van der Waals surface area contributed by atoms with E-state index in [9.17, 15) is 0 Å². The van der Waals surface area contributed by atoms with Gasteiger partial charge in [-0.05, 0) is 13.3 Å². The summed E-state index contributed by atoms with van der Waals surface area (Å²) in [4.78, 5) is 5.01. The maximum atomic E-state index is 5.77. The van der Waals surface area contributed by atoms with Gasteiger partial charge in [-0.3, -0.25) is 4.52 Å². The molecule has 0 N–H and O–H groups in total. The maximum absolute atomic E-state index is 5.77. The van der Waals surface area contributed by atoms with Gasteiger partial charge in [0.2, 0.25) is 0 Å². The largest absolute Gasteiger partial charge is 0.382 e. The van der Waals surface area contributed by atoms with E-state index in [1.165, 1.54) is 0 Å². The minimum atomic E-state index is -1.65. The topological polar surface area (TPSA) is 83.1 Å². The summed E-state index contributed by atoms with van der Waals surface area (Å²) in [5, 5.41) is 0. The fourth-order valence-corrected chi connectivity index (χ4v) is 4.41. The first-order valence-electron chi connectivity index (χ1n) is 8.43. The van der Waals surface area contributed by atoms with E-state index in [4.69, 9.17) is 41.7 Å². The third-order valence-corrected chi connectivity index (χ3v) is 5.55. The van der Waals surface area contributed by atoms with Gasteiger partial charge in [-0.15, -0.1) is 0 Å². The Morgan fingerprint density at radius 1 is 1.00 bits per heavy atom. The van der Waals surface area contributed by atoms with Crippen molar-refractivity contribution >= 4 is 17.2 Å². The van der Waals surface area contributed by atoms with E-state index >= 15 is 0 Å². The molecule has 2 aliphatic rings. The summed E-state index contributed by atoms with van der Waals surface area (Å²) in [7, 11) is -1.39. The quantitative estimate of drug-likeness (QED) is 0.224. The summed E-state index contributed by atoms with van der Waals surface area (Å²) in [6.07, 6.45) is 1.49. The van der Waals surface area contributed by atoms with Crippen molar-refractivity contribution in [2.24, 2.45) is 5.41 Å². The molecule has 2 rings (SSSR count). The Balaban J connectivity index is 1.80. The smallest absolute Gasteiger partial charge is 0.365 e. The van der Waals surface area contributed by atoms with Crippen molar-refractivity contribution in [1.29, 1.82) is 0 Å². The second kappa shape index (κ2) is 12.1. The van der Waals surface area contributed by atoms with Crippen LogP contribution in [0.3, 0.4) is 0 Å². The zero-order valence-electron chi connectivity index (χ0n) is 15.0. The van der Waals surface area contributed by atoms with Crippen LogP contribution in [-0.4, -0.2) is 59.6 Å². The second-order valence-corrected chi connectivity index (χ2v) is 7.89. The summed E-state index contributed by atoms with van der Waals surface area (Å²) in [5.74, 6) is 0.